The van der Waals surface area contributed by atoms with Crippen LogP contribution in [0.4, 0.5) is 31.3 Å². The quantitative estimate of drug-likeness (QED) is 0.335. The van der Waals surface area contributed by atoms with Gasteiger partial charge >= 0.3 is 12.4 Å². The summed E-state index contributed by atoms with van der Waals surface area (Å²) in [7, 11) is 0. The predicted octanol–water partition coefficient (Wildman–Crippen LogP) is 3.61. The summed E-state index contributed by atoms with van der Waals surface area (Å²) in [6, 6.07) is 8.33. The van der Waals surface area contributed by atoms with Crippen LogP contribution >= 0.6 is 11.3 Å². The number of hydrogen-bond donors (Lipinski definition) is 1. The number of nitrogens with zero attached hydrogens (tertiary/aromatic N) is 8. The molecule has 4 heterocycles. The number of halogens is 6. The number of aliphatic hydroxyl groups excluding tert-OH is 1. The number of carbonyl (C=O) groups excluding carboxylic acids is 1. The first-order valence-electron chi connectivity index (χ1n) is 12.0. The van der Waals surface area contributed by atoms with Gasteiger partial charge in [-0.1, -0.05) is 41.7 Å². The van der Waals surface area contributed by atoms with Crippen LogP contribution in [0.25, 0.3) is 22.6 Å². The smallest absolute Gasteiger partial charge is 0.394 e. The lowest BCUT2D eigenvalue weighted by atomic mass is 10.1. The Labute approximate surface area is 231 Å². The maximum atomic E-state index is 13.6. The second-order valence-electron chi connectivity index (χ2n) is 8.96. The van der Waals surface area contributed by atoms with Crippen LogP contribution in [-0.2, 0) is 23.7 Å². The summed E-state index contributed by atoms with van der Waals surface area (Å²) in [6.45, 7) is -0.597. The van der Waals surface area contributed by atoms with E-state index in [4.69, 9.17) is 0 Å². The van der Waals surface area contributed by atoms with Gasteiger partial charge in [-0.05, 0) is 0 Å². The van der Waals surface area contributed by atoms with E-state index in [-0.39, 0.29) is 48.3 Å². The van der Waals surface area contributed by atoms with Gasteiger partial charge in [0.15, 0.2) is 5.82 Å². The van der Waals surface area contributed by atoms with Crippen LogP contribution in [0.1, 0.15) is 10.8 Å². The molecule has 0 aliphatic carbocycles. The Balaban J connectivity index is 1.35. The molecule has 1 saturated heterocycles. The molecule has 0 spiro atoms. The lowest BCUT2D eigenvalue weighted by Gasteiger charge is -2.41. The third kappa shape index (κ3) is 6.14. The summed E-state index contributed by atoms with van der Waals surface area (Å²) in [6.07, 6.45) is -6.71. The van der Waals surface area contributed by atoms with Crippen LogP contribution in [0.3, 0.4) is 0 Å². The van der Waals surface area contributed by atoms with Gasteiger partial charge in [0.25, 0.3) is 0 Å². The first kappa shape index (κ1) is 28.4. The topological polar surface area (TPSA) is 113 Å². The van der Waals surface area contributed by atoms with Crippen molar-refractivity contribution in [1.29, 1.82) is 0 Å². The first-order valence-corrected chi connectivity index (χ1v) is 12.8. The summed E-state index contributed by atoms with van der Waals surface area (Å²) < 4.78 is 80.7. The standard InChI is InChI=1S/C24H20F6N8O2S/c25-23(26,27)21-31-8-15(9-32-21)18-20(41-22(34-18)24(28,29)30)36-6-7-38(16(10-36)12-39)17(40)11-37-13-33-19(35-37)14-4-2-1-3-5-14/h1-5,8-9,13,16,39H,6-7,10-12H2/t16-/m1/s1. The molecule has 1 atom stereocenters. The van der Waals surface area contributed by atoms with Gasteiger partial charge in [0, 0.05) is 43.2 Å². The van der Waals surface area contributed by atoms with Crippen molar-refractivity contribution in [3.8, 4) is 22.6 Å². The van der Waals surface area contributed by atoms with Crippen molar-refractivity contribution in [3.63, 3.8) is 0 Å². The minimum Gasteiger partial charge on any atom is -0.394 e. The molecule has 0 bridgehead atoms. The Bertz CT molecular complexity index is 1510. The lowest BCUT2D eigenvalue weighted by Crippen LogP contribution is -2.57. The van der Waals surface area contributed by atoms with Crippen LogP contribution in [-0.4, -0.2) is 77.9 Å². The molecule has 3 aromatic heterocycles. The van der Waals surface area contributed by atoms with Crippen LogP contribution in [0, 0.1) is 0 Å². The number of anilines is 1. The lowest BCUT2D eigenvalue weighted by molar-refractivity contribution is -0.145. The third-order valence-corrected chi connectivity index (χ3v) is 7.36. The Morgan fingerprint density at radius 2 is 1.68 bits per heavy atom. The average Bonchev–Trinajstić information content (AvgIpc) is 3.61. The third-order valence-electron chi connectivity index (χ3n) is 6.20. The molecule has 1 amide bonds. The fourth-order valence-electron chi connectivity index (χ4n) is 4.28. The second-order valence-corrected chi connectivity index (χ2v) is 9.94. The van der Waals surface area contributed by atoms with Crippen LogP contribution in [0.2, 0.25) is 0 Å². The van der Waals surface area contributed by atoms with Crippen molar-refractivity contribution in [2.45, 2.75) is 24.9 Å². The molecule has 1 fully saturated rings. The Morgan fingerprint density at radius 1 is 0.976 bits per heavy atom. The van der Waals surface area contributed by atoms with E-state index in [1.54, 1.807) is 0 Å². The molecule has 4 aromatic rings. The number of benzene rings is 1. The minimum absolute atomic E-state index is 0.00927. The van der Waals surface area contributed by atoms with Gasteiger partial charge in [-0.3, -0.25) is 4.79 Å². The molecule has 1 aromatic carbocycles. The zero-order chi connectivity index (χ0) is 29.4. The van der Waals surface area contributed by atoms with Crippen molar-refractivity contribution in [2.75, 3.05) is 31.1 Å². The van der Waals surface area contributed by atoms with Crippen molar-refractivity contribution in [2.24, 2.45) is 0 Å². The van der Waals surface area contributed by atoms with Crippen molar-refractivity contribution in [3.05, 3.63) is 59.9 Å². The molecule has 1 aliphatic heterocycles. The van der Waals surface area contributed by atoms with Gasteiger partial charge in [0.1, 0.15) is 23.6 Å². The number of carbonyl (C=O) groups is 1. The van der Waals surface area contributed by atoms with E-state index < -0.39 is 35.8 Å². The SMILES string of the molecule is O=C(Cn1cnc(-c2ccccc2)n1)N1CCN(c2sc(C(F)(F)F)nc2-c2cnc(C(F)(F)F)nc2)C[C@@H]1CO. The fourth-order valence-corrected chi connectivity index (χ4v) is 5.27. The summed E-state index contributed by atoms with van der Waals surface area (Å²) in [5.41, 5.74) is 0.375. The molecule has 41 heavy (non-hydrogen) atoms. The number of piperazine rings is 1. The maximum absolute atomic E-state index is 13.6. The molecule has 10 nitrogen and oxygen atoms in total. The van der Waals surface area contributed by atoms with Crippen molar-refractivity contribution >= 4 is 22.2 Å². The number of rotatable bonds is 6. The number of aliphatic hydroxyl groups is 1. The predicted molar refractivity (Wildman–Crippen MR) is 133 cm³/mol. The number of alkyl halides is 6. The highest BCUT2D eigenvalue weighted by atomic mass is 32.1. The number of thiazole rings is 1. The van der Waals surface area contributed by atoms with Crippen LogP contribution in [0.5, 0.6) is 0 Å². The van der Waals surface area contributed by atoms with Crippen molar-refractivity contribution < 1.29 is 36.2 Å². The summed E-state index contributed by atoms with van der Waals surface area (Å²) >= 11 is 0.308. The molecular weight excluding hydrogens is 578 g/mol. The van der Waals surface area contributed by atoms with E-state index in [1.165, 1.54) is 20.8 Å². The van der Waals surface area contributed by atoms with Crippen LogP contribution < -0.4 is 4.90 Å². The monoisotopic (exact) mass is 598 g/mol. The van der Waals surface area contributed by atoms with Gasteiger partial charge in [-0.25, -0.2) is 24.6 Å². The average molecular weight is 599 g/mol. The van der Waals surface area contributed by atoms with Gasteiger partial charge in [0.05, 0.1) is 12.6 Å². The number of aromatic nitrogens is 6. The number of hydrogen-bond acceptors (Lipinski definition) is 9. The van der Waals surface area contributed by atoms with E-state index in [0.717, 1.165) is 18.0 Å². The normalized spacial score (nSPS) is 16.3. The minimum atomic E-state index is -4.83. The molecule has 1 N–H and O–H groups in total. The van der Waals surface area contributed by atoms with Crippen molar-refractivity contribution in [1.82, 2.24) is 34.6 Å². The Hall–Kier alpha value is -4.12. The molecular formula is C24H20F6N8O2S. The summed E-state index contributed by atoms with van der Waals surface area (Å²) in [5, 5.41) is 13.2. The van der Waals surface area contributed by atoms with E-state index in [1.807, 2.05) is 30.3 Å². The van der Waals surface area contributed by atoms with E-state index in [0.29, 0.717) is 17.2 Å². The van der Waals surface area contributed by atoms with Gasteiger partial charge < -0.3 is 14.9 Å². The molecule has 5 rings (SSSR count). The fraction of sp³-hybridized carbons (Fsp3) is 0.333. The van der Waals surface area contributed by atoms with E-state index in [2.05, 4.69) is 25.0 Å². The molecule has 0 radical (unpaired) electrons. The molecule has 0 saturated carbocycles. The highest BCUT2D eigenvalue weighted by Crippen LogP contribution is 2.43. The van der Waals surface area contributed by atoms with Gasteiger partial charge in [0.2, 0.25) is 16.7 Å². The van der Waals surface area contributed by atoms with E-state index >= 15 is 0 Å². The largest absolute Gasteiger partial charge is 0.451 e. The Kier molecular flexibility index (Phi) is 7.65. The van der Waals surface area contributed by atoms with E-state index in [9.17, 15) is 36.2 Å². The highest BCUT2D eigenvalue weighted by Gasteiger charge is 2.39. The van der Waals surface area contributed by atoms with Gasteiger partial charge in [-0.15, -0.1) is 0 Å². The zero-order valence-corrected chi connectivity index (χ0v) is 21.7. The Morgan fingerprint density at radius 3 is 2.32 bits per heavy atom. The molecule has 17 heteroatoms. The van der Waals surface area contributed by atoms with Gasteiger partial charge in [-0.2, -0.15) is 31.4 Å². The summed E-state index contributed by atoms with van der Waals surface area (Å²) in [5.74, 6) is -1.40. The molecule has 1 aliphatic rings. The summed E-state index contributed by atoms with van der Waals surface area (Å²) in [4.78, 5) is 30.3. The molecule has 0 unspecified atom stereocenters. The first-order chi connectivity index (χ1) is 19.4. The zero-order valence-electron chi connectivity index (χ0n) is 20.8. The maximum Gasteiger partial charge on any atom is 0.451 e. The second kappa shape index (κ2) is 11.0. The highest BCUT2D eigenvalue weighted by molar-refractivity contribution is 7.16. The van der Waals surface area contributed by atoms with Crippen LogP contribution in [0.15, 0.2) is 49.1 Å². The molecule has 216 valence electrons. The number of amides is 1.